The molecular formula is C8H13N3O2S. The Kier molecular flexibility index (Phi) is 3.05. The average Bonchev–Trinajstić information content (AvgIpc) is 2.24. The van der Waals surface area contributed by atoms with Crippen LogP contribution in [0.3, 0.4) is 0 Å². The van der Waals surface area contributed by atoms with Gasteiger partial charge in [-0.1, -0.05) is 0 Å². The zero-order chi connectivity index (χ0) is 10.8. The van der Waals surface area contributed by atoms with Gasteiger partial charge in [-0.05, 0) is 26.1 Å². The standard InChI is InChI=1S/C8H13N3O2S/c1-8(2)5(3-6(12)13-8)4-10-11-7(9)14/h4-5H,3H2,1-2H3,(H3,9,11,14)/b10-4+. The molecule has 0 aromatic rings. The molecule has 0 aromatic carbocycles. The third-order valence-corrected chi connectivity index (χ3v) is 2.18. The van der Waals surface area contributed by atoms with Crippen molar-refractivity contribution in [2.75, 3.05) is 0 Å². The van der Waals surface area contributed by atoms with Crippen LogP contribution in [0.15, 0.2) is 5.10 Å². The smallest absolute Gasteiger partial charge is 0.307 e. The number of nitrogens with one attached hydrogen (secondary N) is 1. The van der Waals surface area contributed by atoms with Gasteiger partial charge < -0.3 is 10.5 Å². The maximum absolute atomic E-state index is 11.0. The minimum Gasteiger partial charge on any atom is -0.459 e. The molecule has 0 aliphatic carbocycles. The van der Waals surface area contributed by atoms with Crippen LogP contribution in [0.25, 0.3) is 0 Å². The number of hydrogen-bond acceptors (Lipinski definition) is 4. The number of ether oxygens (including phenoxy) is 1. The molecule has 1 aliphatic heterocycles. The Morgan fingerprint density at radius 3 is 2.93 bits per heavy atom. The molecule has 1 fully saturated rings. The van der Waals surface area contributed by atoms with Gasteiger partial charge in [0.15, 0.2) is 5.11 Å². The quantitative estimate of drug-likeness (QED) is 0.297. The summed E-state index contributed by atoms with van der Waals surface area (Å²) in [4.78, 5) is 11.0. The van der Waals surface area contributed by atoms with E-state index in [0.29, 0.717) is 6.42 Å². The van der Waals surface area contributed by atoms with Gasteiger partial charge in [-0.15, -0.1) is 0 Å². The minimum absolute atomic E-state index is 0.0446. The lowest BCUT2D eigenvalue weighted by atomic mass is 9.92. The highest BCUT2D eigenvalue weighted by Crippen LogP contribution is 2.30. The summed E-state index contributed by atoms with van der Waals surface area (Å²) in [5, 5.41) is 3.91. The Labute approximate surface area is 87.7 Å². The van der Waals surface area contributed by atoms with Crippen molar-refractivity contribution in [3.05, 3.63) is 0 Å². The number of hydrogen-bond donors (Lipinski definition) is 2. The fourth-order valence-electron chi connectivity index (χ4n) is 1.26. The van der Waals surface area contributed by atoms with Crippen LogP contribution in [0.4, 0.5) is 0 Å². The summed E-state index contributed by atoms with van der Waals surface area (Å²) in [6.07, 6.45) is 1.94. The van der Waals surface area contributed by atoms with E-state index < -0.39 is 5.60 Å². The molecule has 1 unspecified atom stereocenters. The van der Waals surface area contributed by atoms with Crippen LogP contribution in [0, 0.1) is 5.92 Å². The second-order valence-corrected chi connectivity index (χ2v) is 4.08. The molecule has 0 amide bonds. The number of nitrogens with two attached hydrogens (primary N) is 1. The first-order valence-corrected chi connectivity index (χ1v) is 4.63. The van der Waals surface area contributed by atoms with Gasteiger partial charge in [-0.2, -0.15) is 5.10 Å². The Balaban J connectivity index is 2.56. The number of nitrogens with zero attached hydrogens (tertiary/aromatic N) is 1. The molecule has 14 heavy (non-hydrogen) atoms. The Morgan fingerprint density at radius 1 is 1.86 bits per heavy atom. The molecule has 1 rings (SSSR count). The van der Waals surface area contributed by atoms with Gasteiger partial charge in [0.25, 0.3) is 0 Å². The normalized spacial score (nSPS) is 25.0. The van der Waals surface area contributed by atoms with E-state index in [-0.39, 0.29) is 17.0 Å². The molecule has 1 heterocycles. The molecular weight excluding hydrogens is 202 g/mol. The number of esters is 1. The van der Waals surface area contributed by atoms with Crippen molar-refractivity contribution in [2.45, 2.75) is 25.9 Å². The van der Waals surface area contributed by atoms with E-state index in [4.69, 9.17) is 10.5 Å². The number of hydrazone groups is 1. The SMILES string of the molecule is CC1(C)OC(=O)CC1/C=N/NC(N)=S. The van der Waals surface area contributed by atoms with Crippen LogP contribution >= 0.6 is 12.2 Å². The van der Waals surface area contributed by atoms with Crippen molar-refractivity contribution in [3.63, 3.8) is 0 Å². The van der Waals surface area contributed by atoms with E-state index >= 15 is 0 Å². The van der Waals surface area contributed by atoms with Gasteiger partial charge >= 0.3 is 5.97 Å². The lowest BCUT2D eigenvalue weighted by Crippen LogP contribution is -2.30. The topological polar surface area (TPSA) is 76.7 Å². The van der Waals surface area contributed by atoms with E-state index in [1.165, 1.54) is 0 Å². The molecule has 1 aliphatic rings. The van der Waals surface area contributed by atoms with E-state index in [0.717, 1.165) is 0 Å². The summed E-state index contributed by atoms with van der Waals surface area (Å²) in [6.45, 7) is 3.69. The van der Waals surface area contributed by atoms with Crippen LogP contribution in [0.1, 0.15) is 20.3 Å². The van der Waals surface area contributed by atoms with Crippen LogP contribution in [0.2, 0.25) is 0 Å². The zero-order valence-corrected chi connectivity index (χ0v) is 8.93. The summed E-state index contributed by atoms with van der Waals surface area (Å²) in [5.74, 6) is -0.251. The number of carbonyl (C=O) groups excluding carboxylic acids is 1. The Morgan fingerprint density at radius 2 is 2.50 bits per heavy atom. The highest BCUT2D eigenvalue weighted by molar-refractivity contribution is 7.80. The molecule has 1 atom stereocenters. The summed E-state index contributed by atoms with van der Waals surface area (Å²) in [6, 6.07) is 0. The van der Waals surface area contributed by atoms with Crippen LogP contribution in [-0.2, 0) is 9.53 Å². The lowest BCUT2D eigenvalue weighted by molar-refractivity contribution is -0.146. The van der Waals surface area contributed by atoms with Crippen molar-refractivity contribution in [1.82, 2.24) is 5.43 Å². The Hall–Kier alpha value is -1.17. The number of rotatable bonds is 2. The van der Waals surface area contributed by atoms with Crippen LogP contribution < -0.4 is 11.2 Å². The zero-order valence-electron chi connectivity index (χ0n) is 8.11. The molecule has 0 saturated carbocycles. The fraction of sp³-hybridized carbons (Fsp3) is 0.625. The van der Waals surface area contributed by atoms with Crippen molar-refractivity contribution in [2.24, 2.45) is 16.8 Å². The maximum Gasteiger partial charge on any atom is 0.307 e. The molecule has 0 spiro atoms. The van der Waals surface area contributed by atoms with E-state index in [9.17, 15) is 4.79 Å². The highest BCUT2D eigenvalue weighted by atomic mass is 32.1. The van der Waals surface area contributed by atoms with E-state index in [2.05, 4.69) is 22.7 Å². The van der Waals surface area contributed by atoms with Gasteiger partial charge in [0.2, 0.25) is 0 Å². The second kappa shape index (κ2) is 3.91. The van der Waals surface area contributed by atoms with Gasteiger partial charge in [0.1, 0.15) is 5.60 Å². The maximum atomic E-state index is 11.0. The summed E-state index contributed by atoms with van der Waals surface area (Å²) in [5.41, 5.74) is 7.12. The fourth-order valence-corrected chi connectivity index (χ4v) is 1.31. The number of cyclic esters (lactones) is 1. The van der Waals surface area contributed by atoms with Crippen molar-refractivity contribution < 1.29 is 9.53 Å². The van der Waals surface area contributed by atoms with Gasteiger partial charge in [0, 0.05) is 12.1 Å². The van der Waals surface area contributed by atoms with Gasteiger partial charge in [-0.25, -0.2) is 0 Å². The largest absolute Gasteiger partial charge is 0.459 e. The summed E-state index contributed by atoms with van der Waals surface area (Å²) >= 11 is 4.57. The summed E-state index contributed by atoms with van der Waals surface area (Å²) < 4.78 is 5.10. The van der Waals surface area contributed by atoms with Crippen LogP contribution in [0.5, 0.6) is 0 Å². The molecule has 5 nitrogen and oxygen atoms in total. The van der Waals surface area contributed by atoms with E-state index in [1.807, 2.05) is 13.8 Å². The Bertz CT molecular complexity index is 288. The van der Waals surface area contributed by atoms with Gasteiger partial charge in [0.05, 0.1) is 6.42 Å². The monoisotopic (exact) mass is 215 g/mol. The van der Waals surface area contributed by atoms with Crippen molar-refractivity contribution >= 4 is 29.5 Å². The molecule has 1 saturated heterocycles. The predicted molar refractivity (Wildman–Crippen MR) is 56.7 cm³/mol. The average molecular weight is 215 g/mol. The highest BCUT2D eigenvalue weighted by Gasteiger charge is 2.40. The molecule has 78 valence electrons. The third kappa shape index (κ3) is 2.66. The first kappa shape index (κ1) is 10.9. The van der Waals surface area contributed by atoms with Crippen molar-refractivity contribution in [1.29, 1.82) is 0 Å². The minimum atomic E-state index is -0.502. The van der Waals surface area contributed by atoms with Crippen molar-refractivity contribution in [3.8, 4) is 0 Å². The number of thiocarbonyl (C=S) groups is 1. The first-order valence-electron chi connectivity index (χ1n) is 4.22. The molecule has 6 heteroatoms. The van der Waals surface area contributed by atoms with Gasteiger partial charge in [-0.3, -0.25) is 10.2 Å². The number of carbonyl (C=O) groups is 1. The van der Waals surface area contributed by atoms with E-state index in [1.54, 1.807) is 6.21 Å². The molecule has 0 radical (unpaired) electrons. The predicted octanol–water partition coefficient (Wildman–Crippen LogP) is 0.147. The molecule has 3 N–H and O–H groups in total. The molecule has 0 aromatic heterocycles. The third-order valence-electron chi connectivity index (χ3n) is 2.09. The lowest BCUT2D eigenvalue weighted by Gasteiger charge is -2.21. The second-order valence-electron chi connectivity index (χ2n) is 3.64. The first-order chi connectivity index (χ1) is 6.42. The molecule has 0 bridgehead atoms. The summed E-state index contributed by atoms with van der Waals surface area (Å²) in [7, 11) is 0. The van der Waals surface area contributed by atoms with Crippen LogP contribution in [-0.4, -0.2) is 22.9 Å².